The van der Waals surface area contributed by atoms with Gasteiger partial charge in [-0.25, -0.2) is 0 Å². The fourth-order valence-electron chi connectivity index (χ4n) is 4.08. The van der Waals surface area contributed by atoms with Crippen molar-refractivity contribution in [3.05, 3.63) is 0 Å². The van der Waals surface area contributed by atoms with Crippen LogP contribution in [0.3, 0.4) is 0 Å². The van der Waals surface area contributed by atoms with Crippen molar-refractivity contribution >= 4 is 11.8 Å². The molecular formula is C19H34N2O3. The lowest BCUT2D eigenvalue weighted by Crippen LogP contribution is -2.49. The van der Waals surface area contributed by atoms with Gasteiger partial charge in [0.15, 0.2) is 0 Å². The number of amides is 2. The molecule has 2 aliphatic carbocycles. The Bertz CT molecular complexity index is 413. The Hall–Kier alpha value is -1.10. The van der Waals surface area contributed by atoms with Crippen molar-refractivity contribution in [2.24, 2.45) is 5.92 Å². The van der Waals surface area contributed by atoms with Crippen LogP contribution >= 0.6 is 0 Å². The molecule has 0 aliphatic heterocycles. The zero-order valence-corrected chi connectivity index (χ0v) is 15.3. The molecule has 138 valence electrons. The predicted molar refractivity (Wildman–Crippen MR) is 94.6 cm³/mol. The fraction of sp³-hybridized carbons (Fsp3) is 0.895. The molecule has 5 nitrogen and oxygen atoms in total. The zero-order chi connectivity index (χ0) is 17.4. The zero-order valence-electron chi connectivity index (χ0n) is 15.3. The van der Waals surface area contributed by atoms with Gasteiger partial charge < -0.3 is 15.4 Å². The Morgan fingerprint density at radius 3 is 2.42 bits per heavy atom. The monoisotopic (exact) mass is 338 g/mol. The third-order valence-corrected chi connectivity index (χ3v) is 5.49. The number of rotatable bonds is 7. The van der Waals surface area contributed by atoms with Gasteiger partial charge in [0.1, 0.15) is 0 Å². The molecule has 2 aliphatic rings. The van der Waals surface area contributed by atoms with Crippen molar-refractivity contribution in [2.75, 3.05) is 7.11 Å². The van der Waals surface area contributed by atoms with Gasteiger partial charge in [-0.1, -0.05) is 26.2 Å². The maximum absolute atomic E-state index is 12.6. The molecule has 0 saturated heterocycles. The molecule has 5 heteroatoms. The summed E-state index contributed by atoms with van der Waals surface area (Å²) in [6, 6.07) is 0.389. The third-order valence-electron chi connectivity index (χ3n) is 5.49. The minimum Gasteiger partial charge on any atom is -0.381 e. The molecule has 4 atom stereocenters. The van der Waals surface area contributed by atoms with Gasteiger partial charge in [0.25, 0.3) is 0 Å². The van der Waals surface area contributed by atoms with Gasteiger partial charge in [-0.3, -0.25) is 9.59 Å². The lowest BCUT2D eigenvalue weighted by molar-refractivity contribution is -0.132. The first kappa shape index (κ1) is 19.2. The molecule has 2 fully saturated rings. The third kappa shape index (κ3) is 5.76. The van der Waals surface area contributed by atoms with Crippen molar-refractivity contribution in [3.8, 4) is 0 Å². The highest BCUT2D eigenvalue weighted by atomic mass is 16.5. The summed E-state index contributed by atoms with van der Waals surface area (Å²) in [5, 5.41) is 6.37. The standard InChI is InChI=1S/C19H34N2O3/c1-3-4-12-18(22)20-14-8-7-9-15(13-14)21-19(23)16-10-5-6-11-17(16)24-2/h14-17H,3-13H2,1-2H3,(H,20,22)(H,21,23). The van der Waals surface area contributed by atoms with Crippen LogP contribution in [0.15, 0.2) is 0 Å². The summed E-state index contributed by atoms with van der Waals surface area (Å²) >= 11 is 0. The number of unbranched alkanes of at least 4 members (excludes halogenated alkanes) is 1. The molecular weight excluding hydrogens is 304 g/mol. The van der Waals surface area contributed by atoms with E-state index in [0.29, 0.717) is 6.42 Å². The molecule has 2 amide bonds. The Kier molecular flexibility index (Phi) is 8.03. The largest absolute Gasteiger partial charge is 0.381 e. The van der Waals surface area contributed by atoms with Crippen LogP contribution < -0.4 is 10.6 Å². The van der Waals surface area contributed by atoms with Crippen LogP contribution in [0.5, 0.6) is 0 Å². The number of carbonyl (C=O) groups excluding carboxylic acids is 2. The van der Waals surface area contributed by atoms with E-state index in [1.165, 1.54) is 0 Å². The van der Waals surface area contributed by atoms with Gasteiger partial charge in [-0.15, -0.1) is 0 Å². The highest BCUT2D eigenvalue weighted by Gasteiger charge is 2.33. The highest BCUT2D eigenvalue weighted by Crippen LogP contribution is 2.27. The average Bonchev–Trinajstić information content (AvgIpc) is 2.60. The van der Waals surface area contributed by atoms with Crippen LogP contribution in [0.25, 0.3) is 0 Å². The molecule has 0 radical (unpaired) electrons. The number of methoxy groups -OCH3 is 1. The molecule has 0 bridgehead atoms. The fourth-order valence-corrected chi connectivity index (χ4v) is 4.08. The van der Waals surface area contributed by atoms with Gasteiger partial charge in [0.05, 0.1) is 12.0 Å². The second kappa shape index (κ2) is 10.0. The van der Waals surface area contributed by atoms with Crippen molar-refractivity contribution in [3.63, 3.8) is 0 Å². The SMILES string of the molecule is CCCCC(=O)NC1CCCC(NC(=O)C2CCCCC2OC)C1. The lowest BCUT2D eigenvalue weighted by atomic mass is 9.84. The maximum atomic E-state index is 12.6. The molecule has 2 saturated carbocycles. The van der Waals surface area contributed by atoms with E-state index in [-0.39, 0.29) is 35.9 Å². The van der Waals surface area contributed by atoms with E-state index in [1.807, 2.05) is 0 Å². The summed E-state index contributed by atoms with van der Waals surface area (Å²) in [6.07, 6.45) is 10.8. The van der Waals surface area contributed by atoms with E-state index in [0.717, 1.165) is 64.2 Å². The Morgan fingerprint density at radius 2 is 1.71 bits per heavy atom. The smallest absolute Gasteiger partial charge is 0.225 e. The molecule has 0 aromatic carbocycles. The van der Waals surface area contributed by atoms with E-state index in [2.05, 4.69) is 17.6 Å². The van der Waals surface area contributed by atoms with E-state index in [4.69, 9.17) is 4.74 Å². The molecule has 0 aromatic heterocycles. The van der Waals surface area contributed by atoms with Crippen LogP contribution in [0, 0.1) is 5.92 Å². The number of hydrogen-bond acceptors (Lipinski definition) is 3. The molecule has 24 heavy (non-hydrogen) atoms. The molecule has 2 N–H and O–H groups in total. The quantitative estimate of drug-likeness (QED) is 0.750. The molecule has 2 rings (SSSR count). The summed E-state index contributed by atoms with van der Waals surface area (Å²) in [5.41, 5.74) is 0. The number of ether oxygens (including phenoxy) is 1. The minimum absolute atomic E-state index is 0.0109. The molecule has 0 spiro atoms. The van der Waals surface area contributed by atoms with Crippen LogP contribution in [0.1, 0.15) is 77.6 Å². The van der Waals surface area contributed by atoms with Gasteiger partial charge in [0.2, 0.25) is 11.8 Å². The first-order chi connectivity index (χ1) is 11.6. The first-order valence-corrected chi connectivity index (χ1v) is 9.76. The molecule has 0 heterocycles. The van der Waals surface area contributed by atoms with Gasteiger partial charge >= 0.3 is 0 Å². The summed E-state index contributed by atoms with van der Waals surface area (Å²) < 4.78 is 5.51. The van der Waals surface area contributed by atoms with E-state index >= 15 is 0 Å². The minimum atomic E-state index is -0.0109. The van der Waals surface area contributed by atoms with Crippen LogP contribution in [0.4, 0.5) is 0 Å². The van der Waals surface area contributed by atoms with Crippen molar-refractivity contribution < 1.29 is 14.3 Å². The summed E-state index contributed by atoms with van der Waals surface area (Å²) in [7, 11) is 1.71. The predicted octanol–water partition coefficient (Wildman–Crippen LogP) is 2.93. The van der Waals surface area contributed by atoms with Crippen molar-refractivity contribution in [2.45, 2.75) is 95.7 Å². The van der Waals surface area contributed by atoms with E-state index < -0.39 is 0 Å². The van der Waals surface area contributed by atoms with Crippen LogP contribution in [-0.2, 0) is 14.3 Å². The topological polar surface area (TPSA) is 67.4 Å². The molecule has 0 aromatic rings. The normalized spacial score (nSPS) is 30.6. The Morgan fingerprint density at radius 1 is 1.00 bits per heavy atom. The number of carbonyl (C=O) groups is 2. The second-order valence-electron chi connectivity index (χ2n) is 7.41. The second-order valence-corrected chi connectivity index (χ2v) is 7.41. The lowest BCUT2D eigenvalue weighted by Gasteiger charge is -2.34. The van der Waals surface area contributed by atoms with Crippen LogP contribution in [0.2, 0.25) is 0 Å². The van der Waals surface area contributed by atoms with Gasteiger partial charge in [-0.2, -0.15) is 0 Å². The summed E-state index contributed by atoms with van der Waals surface area (Å²) in [4.78, 5) is 24.5. The Balaban J connectivity index is 1.79. The van der Waals surface area contributed by atoms with E-state index in [9.17, 15) is 9.59 Å². The van der Waals surface area contributed by atoms with Crippen molar-refractivity contribution in [1.29, 1.82) is 0 Å². The molecule has 4 unspecified atom stereocenters. The van der Waals surface area contributed by atoms with Crippen molar-refractivity contribution in [1.82, 2.24) is 10.6 Å². The first-order valence-electron chi connectivity index (χ1n) is 9.76. The summed E-state index contributed by atoms with van der Waals surface area (Å²) in [5.74, 6) is 0.285. The number of hydrogen-bond donors (Lipinski definition) is 2. The van der Waals surface area contributed by atoms with E-state index in [1.54, 1.807) is 7.11 Å². The number of nitrogens with one attached hydrogen (secondary N) is 2. The van der Waals surface area contributed by atoms with Gasteiger partial charge in [0, 0.05) is 25.6 Å². The highest BCUT2D eigenvalue weighted by molar-refractivity contribution is 5.79. The van der Waals surface area contributed by atoms with Gasteiger partial charge in [-0.05, 0) is 44.9 Å². The summed E-state index contributed by atoms with van der Waals surface area (Å²) in [6.45, 7) is 2.10. The Labute approximate surface area is 146 Å². The average molecular weight is 338 g/mol. The van der Waals surface area contributed by atoms with Crippen LogP contribution in [-0.4, -0.2) is 37.1 Å². The maximum Gasteiger partial charge on any atom is 0.225 e.